The number of fused-ring (bicyclic) bond motifs is 1. The van der Waals surface area contributed by atoms with Crippen molar-refractivity contribution in [3.05, 3.63) is 23.8 Å². The predicted molar refractivity (Wildman–Crippen MR) is 52.1 cm³/mol. The Hall–Kier alpha value is -2.04. The normalized spacial score (nSPS) is 13.9. The van der Waals surface area contributed by atoms with Crippen molar-refractivity contribution in [2.75, 3.05) is 17.2 Å². The molecule has 72 valence electrons. The summed E-state index contributed by atoms with van der Waals surface area (Å²) in [6, 6.07) is 4.89. The Morgan fingerprint density at radius 3 is 2.86 bits per heavy atom. The van der Waals surface area contributed by atoms with E-state index in [1.54, 1.807) is 18.2 Å². The second kappa shape index (κ2) is 3.02. The van der Waals surface area contributed by atoms with Gasteiger partial charge in [-0.25, -0.2) is 0 Å². The van der Waals surface area contributed by atoms with Crippen molar-refractivity contribution in [1.29, 1.82) is 0 Å². The molecule has 1 aromatic carbocycles. The van der Waals surface area contributed by atoms with Crippen LogP contribution < -0.4 is 16.4 Å². The maximum atomic E-state index is 11.0. The standard InChI is InChI=1S/C9H9N3O2/c10-9(14)5-1-2-6-7(3-5)12-8(13)4-11-6/h1-3,11H,4H2,(H2,10,14)(H,12,13). The summed E-state index contributed by atoms with van der Waals surface area (Å²) < 4.78 is 0. The van der Waals surface area contributed by atoms with E-state index in [1.165, 1.54) is 0 Å². The van der Waals surface area contributed by atoms with Crippen LogP contribution in [0.2, 0.25) is 0 Å². The van der Waals surface area contributed by atoms with Gasteiger partial charge in [-0.2, -0.15) is 0 Å². The van der Waals surface area contributed by atoms with Crippen LogP contribution >= 0.6 is 0 Å². The number of anilines is 2. The number of hydrogen-bond donors (Lipinski definition) is 3. The van der Waals surface area contributed by atoms with Gasteiger partial charge in [0.2, 0.25) is 11.8 Å². The molecule has 0 fully saturated rings. The van der Waals surface area contributed by atoms with Crippen molar-refractivity contribution in [2.45, 2.75) is 0 Å². The van der Waals surface area contributed by atoms with Gasteiger partial charge in [-0.1, -0.05) is 0 Å². The molecule has 0 saturated heterocycles. The summed E-state index contributed by atoms with van der Waals surface area (Å²) in [5.41, 5.74) is 6.89. The zero-order valence-electron chi connectivity index (χ0n) is 7.33. The molecule has 2 rings (SSSR count). The maximum absolute atomic E-state index is 11.0. The van der Waals surface area contributed by atoms with Crippen molar-refractivity contribution < 1.29 is 9.59 Å². The third kappa shape index (κ3) is 1.39. The highest BCUT2D eigenvalue weighted by atomic mass is 16.2. The Morgan fingerprint density at radius 1 is 1.36 bits per heavy atom. The van der Waals surface area contributed by atoms with Gasteiger partial charge in [-0.15, -0.1) is 0 Å². The Bertz CT molecular complexity index is 415. The lowest BCUT2D eigenvalue weighted by molar-refractivity contribution is -0.114. The molecule has 1 aliphatic rings. The smallest absolute Gasteiger partial charge is 0.248 e. The van der Waals surface area contributed by atoms with Gasteiger partial charge in [-0.3, -0.25) is 9.59 Å². The molecule has 0 aromatic heterocycles. The summed E-state index contributed by atoms with van der Waals surface area (Å²) >= 11 is 0. The van der Waals surface area contributed by atoms with Crippen molar-refractivity contribution in [3.8, 4) is 0 Å². The molecule has 0 radical (unpaired) electrons. The second-order valence-corrected chi connectivity index (χ2v) is 3.03. The van der Waals surface area contributed by atoms with Gasteiger partial charge >= 0.3 is 0 Å². The number of primary amides is 1. The fraction of sp³-hybridized carbons (Fsp3) is 0.111. The van der Waals surface area contributed by atoms with E-state index in [4.69, 9.17) is 5.73 Å². The van der Waals surface area contributed by atoms with Crippen LogP contribution in [0.4, 0.5) is 11.4 Å². The number of carbonyl (C=O) groups is 2. The van der Waals surface area contributed by atoms with Crippen LogP contribution in [0.15, 0.2) is 18.2 Å². The first kappa shape index (κ1) is 8.55. The molecule has 2 amide bonds. The first-order chi connectivity index (χ1) is 6.66. The van der Waals surface area contributed by atoms with Gasteiger partial charge < -0.3 is 16.4 Å². The first-order valence-corrected chi connectivity index (χ1v) is 4.14. The molecule has 0 unspecified atom stereocenters. The summed E-state index contributed by atoms with van der Waals surface area (Å²) in [7, 11) is 0. The average molecular weight is 191 g/mol. The minimum absolute atomic E-state index is 0.126. The summed E-state index contributed by atoms with van der Waals surface area (Å²) in [6.45, 7) is 0.253. The Balaban J connectivity index is 2.42. The quantitative estimate of drug-likeness (QED) is 0.590. The van der Waals surface area contributed by atoms with E-state index in [0.29, 0.717) is 11.3 Å². The zero-order valence-corrected chi connectivity index (χ0v) is 7.33. The molecule has 14 heavy (non-hydrogen) atoms. The first-order valence-electron chi connectivity index (χ1n) is 4.14. The van der Waals surface area contributed by atoms with Crippen molar-refractivity contribution in [3.63, 3.8) is 0 Å². The molecule has 0 spiro atoms. The van der Waals surface area contributed by atoms with Gasteiger partial charge in [0, 0.05) is 5.56 Å². The SMILES string of the molecule is NC(=O)c1ccc2c(c1)NC(=O)CN2. The van der Waals surface area contributed by atoms with Gasteiger partial charge in [0.05, 0.1) is 17.9 Å². The number of hydrogen-bond acceptors (Lipinski definition) is 3. The number of carbonyl (C=O) groups excluding carboxylic acids is 2. The Morgan fingerprint density at radius 2 is 2.14 bits per heavy atom. The fourth-order valence-corrected chi connectivity index (χ4v) is 1.32. The van der Waals surface area contributed by atoms with Crippen LogP contribution in [0.3, 0.4) is 0 Å². The lowest BCUT2D eigenvalue weighted by Crippen LogP contribution is -2.27. The van der Waals surface area contributed by atoms with Gasteiger partial charge in [0.1, 0.15) is 0 Å². The van der Waals surface area contributed by atoms with Crippen LogP contribution in [0.1, 0.15) is 10.4 Å². The van der Waals surface area contributed by atoms with E-state index in [9.17, 15) is 9.59 Å². The summed E-state index contributed by atoms with van der Waals surface area (Å²) in [4.78, 5) is 21.9. The average Bonchev–Trinajstić information content (AvgIpc) is 2.16. The van der Waals surface area contributed by atoms with E-state index < -0.39 is 5.91 Å². The minimum Gasteiger partial charge on any atom is -0.374 e. The number of nitrogens with two attached hydrogens (primary N) is 1. The molecule has 0 atom stereocenters. The summed E-state index contributed by atoms with van der Waals surface area (Å²) in [5, 5.41) is 5.56. The van der Waals surface area contributed by atoms with Gasteiger partial charge in [0.25, 0.3) is 0 Å². The molecule has 4 N–H and O–H groups in total. The van der Waals surface area contributed by atoms with Gasteiger partial charge in [-0.05, 0) is 18.2 Å². The number of amides is 2. The van der Waals surface area contributed by atoms with E-state index in [-0.39, 0.29) is 12.5 Å². The summed E-state index contributed by atoms with van der Waals surface area (Å²) in [5.74, 6) is -0.633. The highest BCUT2D eigenvalue weighted by Gasteiger charge is 2.14. The Labute approximate surface area is 80.3 Å². The van der Waals surface area contributed by atoms with Crippen molar-refractivity contribution >= 4 is 23.2 Å². The van der Waals surface area contributed by atoms with Crippen LogP contribution in [0, 0.1) is 0 Å². The molecule has 0 saturated carbocycles. The molecule has 1 heterocycles. The number of rotatable bonds is 1. The topological polar surface area (TPSA) is 84.2 Å². The molecule has 0 bridgehead atoms. The van der Waals surface area contributed by atoms with E-state index >= 15 is 0 Å². The van der Waals surface area contributed by atoms with E-state index in [2.05, 4.69) is 10.6 Å². The monoisotopic (exact) mass is 191 g/mol. The Kier molecular flexibility index (Phi) is 1.85. The zero-order chi connectivity index (χ0) is 10.1. The summed E-state index contributed by atoms with van der Waals surface area (Å²) in [6.07, 6.45) is 0. The van der Waals surface area contributed by atoms with Crippen molar-refractivity contribution in [1.82, 2.24) is 0 Å². The largest absolute Gasteiger partial charge is 0.374 e. The minimum atomic E-state index is -0.507. The van der Waals surface area contributed by atoms with E-state index in [0.717, 1.165) is 5.69 Å². The third-order valence-electron chi connectivity index (χ3n) is 2.02. The van der Waals surface area contributed by atoms with Crippen LogP contribution in [-0.2, 0) is 4.79 Å². The van der Waals surface area contributed by atoms with Crippen LogP contribution in [0.25, 0.3) is 0 Å². The highest BCUT2D eigenvalue weighted by Crippen LogP contribution is 2.25. The molecule has 5 heteroatoms. The van der Waals surface area contributed by atoms with Crippen LogP contribution in [0.5, 0.6) is 0 Å². The van der Waals surface area contributed by atoms with Crippen LogP contribution in [-0.4, -0.2) is 18.4 Å². The fourth-order valence-electron chi connectivity index (χ4n) is 1.32. The van der Waals surface area contributed by atoms with Crippen molar-refractivity contribution in [2.24, 2.45) is 5.73 Å². The highest BCUT2D eigenvalue weighted by molar-refractivity contribution is 6.03. The molecule has 1 aromatic rings. The second-order valence-electron chi connectivity index (χ2n) is 3.03. The third-order valence-corrected chi connectivity index (χ3v) is 2.02. The molecule has 1 aliphatic heterocycles. The number of benzene rings is 1. The number of nitrogens with one attached hydrogen (secondary N) is 2. The molecule has 0 aliphatic carbocycles. The maximum Gasteiger partial charge on any atom is 0.248 e. The molecular formula is C9H9N3O2. The molecule has 5 nitrogen and oxygen atoms in total. The molecular weight excluding hydrogens is 182 g/mol. The lowest BCUT2D eigenvalue weighted by atomic mass is 10.1. The van der Waals surface area contributed by atoms with Gasteiger partial charge in [0.15, 0.2) is 0 Å². The van der Waals surface area contributed by atoms with E-state index in [1.807, 2.05) is 0 Å². The lowest BCUT2D eigenvalue weighted by Gasteiger charge is -2.18. The predicted octanol–water partition coefficient (Wildman–Crippen LogP) is 0.149.